The molecule has 1 atom stereocenters. The third-order valence-corrected chi connectivity index (χ3v) is 1.86. The van der Waals surface area contributed by atoms with Crippen LogP contribution in [0.5, 0.6) is 0 Å². The Morgan fingerprint density at radius 3 is 2.50 bits per heavy atom. The summed E-state index contributed by atoms with van der Waals surface area (Å²) in [6.07, 6.45) is 2.65. The molecule has 0 aliphatic carbocycles. The number of alkyl halides is 1. The standard InChI is InChI=1S/C7H11NO2.CH3F/c1-6(10)8-4-2-3-7(8)5-9;1-2/h5,7H,2-4H2,1H3;1H3. The monoisotopic (exact) mass is 175 g/mol. The number of carbonyl (C=O) groups excluding carboxylic acids is 2. The molecule has 1 heterocycles. The van der Waals surface area contributed by atoms with Crippen LogP contribution < -0.4 is 0 Å². The van der Waals surface area contributed by atoms with E-state index in [2.05, 4.69) is 0 Å². The van der Waals surface area contributed by atoms with Crippen molar-refractivity contribution in [2.75, 3.05) is 13.7 Å². The number of likely N-dealkylation sites (tertiary alicyclic amines) is 1. The van der Waals surface area contributed by atoms with Gasteiger partial charge in [0.2, 0.25) is 5.91 Å². The van der Waals surface area contributed by atoms with Gasteiger partial charge in [0.05, 0.1) is 13.2 Å². The van der Waals surface area contributed by atoms with Crippen LogP contribution in [0, 0.1) is 0 Å². The van der Waals surface area contributed by atoms with Crippen molar-refractivity contribution in [2.45, 2.75) is 25.8 Å². The molecule has 0 aromatic carbocycles. The number of hydrogen-bond donors (Lipinski definition) is 0. The van der Waals surface area contributed by atoms with Gasteiger partial charge in [-0.15, -0.1) is 0 Å². The van der Waals surface area contributed by atoms with Crippen LogP contribution in [0.1, 0.15) is 19.8 Å². The Morgan fingerprint density at radius 1 is 1.58 bits per heavy atom. The van der Waals surface area contributed by atoms with E-state index in [1.807, 2.05) is 0 Å². The largest absolute Gasteiger partial charge is 0.333 e. The van der Waals surface area contributed by atoms with Gasteiger partial charge in [0, 0.05) is 13.5 Å². The molecular formula is C8H14FNO2. The average Bonchev–Trinajstić information content (AvgIpc) is 2.55. The van der Waals surface area contributed by atoms with Crippen LogP contribution in [-0.4, -0.2) is 36.9 Å². The molecule has 0 N–H and O–H groups in total. The lowest BCUT2D eigenvalue weighted by Gasteiger charge is -2.17. The van der Waals surface area contributed by atoms with Crippen LogP contribution >= 0.6 is 0 Å². The molecule has 1 aliphatic heterocycles. The molecule has 0 bridgehead atoms. The highest BCUT2D eigenvalue weighted by Crippen LogP contribution is 2.14. The molecule has 1 unspecified atom stereocenters. The first kappa shape index (κ1) is 11.1. The zero-order valence-electron chi connectivity index (χ0n) is 7.42. The molecular weight excluding hydrogens is 161 g/mol. The van der Waals surface area contributed by atoms with E-state index >= 15 is 0 Å². The highest BCUT2D eigenvalue weighted by atomic mass is 19.1. The molecule has 1 saturated heterocycles. The number of amides is 1. The van der Waals surface area contributed by atoms with Gasteiger partial charge in [0.15, 0.2) is 0 Å². The first-order valence-electron chi connectivity index (χ1n) is 3.86. The summed E-state index contributed by atoms with van der Waals surface area (Å²) >= 11 is 0. The minimum atomic E-state index is -0.141. The lowest BCUT2D eigenvalue weighted by Crippen LogP contribution is -2.34. The SMILES string of the molecule is CC(=O)N1CCCC1C=O.CF. The van der Waals surface area contributed by atoms with Crippen LogP contribution in [0.4, 0.5) is 4.39 Å². The van der Waals surface area contributed by atoms with Gasteiger partial charge in [-0.1, -0.05) is 0 Å². The normalized spacial score (nSPS) is 21.2. The maximum atomic E-state index is 10.8. The summed E-state index contributed by atoms with van der Waals surface area (Å²) in [6.45, 7) is 2.25. The third kappa shape index (κ3) is 2.60. The Morgan fingerprint density at radius 2 is 2.17 bits per heavy atom. The zero-order chi connectivity index (χ0) is 9.56. The van der Waals surface area contributed by atoms with Crippen molar-refractivity contribution in [1.82, 2.24) is 4.90 Å². The third-order valence-electron chi connectivity index (χ3n) is 1.86. The summed E-state index contributed by atoms with van der Waals surface area (Å²) < 4.78 is 9.50. The first-order chi connectivity index (χ1) is 5.75. The second-order valence-corrected chi connectivity index (χ2v) is 2.56. The van der Waals surface area contributed by atoms with Crippen LogP contribution in [0.25, 0.3) is 0 Å². The van der Waals surface area contributed by atoms with Crippen molar-refractivity contribution in [2.24, 2.45) is 0 Å². The van der Waals surface area contributed by atoms with E-state index in [4.69, 9.17) is 0 Å². The van der Waals surface area contributed by atoms with Crippen molar-refractivity contribution in [3.05, 3.63) is 0 Å². The van der Waals surface area contributed by atoms with Crippen molar-refractivity contribution < 1.29 is 14.0 Å². The molecule has 1 aliphatic rings. The van der Waals surface area contributed by atoms with Crippen molar-refractivity contribution in [3.8, 4) is 0 Å². The lowest BCUT2D eigenvalue weighted by atomic mass is 10.2. The van der Waals surface area contributed by atoms with Crippen molar-refractivity contribution in [3.63, 3.8) is 0 Å². The van der Waals surface area contributed by atoms with Gasteiger partial charge in [-0.05, 0) is 12.8 Å². The Bertz CT molecular complexity index is 161. The van der Waals surface area contributed by atoms with E-state index in [-0.39, 0.29) is 11.9 Å². The van der Waals surface area contributed by atoms with E-state index in [0.29, 0.717) is 7.18 Å². The summed E-state index contributed by atoms with van der Waals surface area (Å²) in [5.41, 5.74) is 0. The second-order valence-electron chi connectivity index (χ2n) is 2.56. The molecule has 70 valence electrons. The Hall–Kier alpha value is -0.930. The Labute approximate surface area is 71.5 Å². The van der Waals surface area contributed by atoms with E-state index in [1.165, 1.54) is 6.92 Å². The van der Waals surface area contributed by atoms with Gasteiger partial charge in [0.25, 0.3) is 0 Å². The highest BCUT2D eigenvalue weighted by molar-refractivity contribution is 5.78. The van der Waals surface area contributed by atoms with Gasteiger partial charge >= 0.3 is 0 Å². The maximum absolute atomic E-state index is 10.8. The van der Waals surface area contributed by atoms with Crippen molar-refractivity contribution >= 4 is 12.2 Å². The fourth-order valence-electron chi connectivity index (χ4n) is 1.32. The average molecular weight is 175 g/mol. The minimum Gasteiger partial charge on any atom is -0.333 e. The van der Waals surface area contributed by atoms with Gasteiger partial charge in [-0.25, -0.2) is 0 Å². The molecule has 1 amide bonds. The predicted octanol–water partition coefficient (Wildman–Crippen LogP) is 0.782. The summed E-state index contributed by atoms with van der Waals surface area (Å²) in [4.78, 5) is 22.7. The van der Waals surface area contributed by atoms with E-state index in [1.54, 1.807) is 4.90 Å². The van der Waals surface area contributed by atoms with Gasteiger partial charge < -0.3 is 9.69 Å². The quantitative estimate of drug-likeness (QED) is 0.552. The highest BCUT2D eigenvalue weighted by Gasteiger charge is 2.25. The van der Waals surface area contributed by atoms with E-state index in [0.717, 1.165) is 25.7 Å². The molecule has 4 heteroatoms. The summed E-state index contributed by atoms with van der Waals surface area (Å²) in [6, 6.07) is -0.141. The Balaban J connectivity index is 0.000000561. The predicted molar refractivity (Wildman–Crippen MR) is 43.5 cm³/mol. The van der Waals surface area contributed by atoms with Gasteiger partial charge in [-0.3, -0.25) is 9.18 Å². The molecule has 0 aromatic rings. The first-order valence-corrected chi connectivity index (χ1v) is 3.86. The number of halogens is 1. The summed E-state index contributed by atoms with van der Waals surface area (Å²) in [7, 11) is 0.500. The lowest BCUT2D eigenvalue weighted by molar-refractivity contribution is -0.132. The molecule has 0 radical (unpaired) electrons. The Kier molecular flexibility index (Phi) is 5.25. The van der Waals surface area contributed by atoms with Crippen molar-refractivity contribution in [1.29, 1.82) is 0 Å². The van der Waals surface area contributed by atoms with Gasteiger partial charge in [-0.2, -0.15) is 0 Å². The summed E-state index contributed by atoms with van der Waals surface area (Å²) in [5.74, 6) is 0.00889. The molecule has 12 heavy (non-hydrogen) atoms. The second kappa shape index (κ2) is 5.69. The molecule has 0 aromatic heterocycles. The van der Waals surface area contributed by atoms with Crippen LogP contribution in [0.3, 0.4) is 0 Å². The molecule has 1 fully saturated rings. The van der Waals surface area contributed by atoms with Crippen LogP contribution in [0.15, 0.2) is 0 Å². The van der Waals surface area contributed by atoms with Gasteiger partial charge in [0.1, 0.15) is 6.29 Å². The molecule has 0 saturated carbocycles. The molecule has 1 rings (SSSR count). The minimum absolute atomic E-state index is 0.00889. The molecule has 3 nitrogen and oxygen atoms in total. The number of carbonyl (C=O) groups is 2. The smallest absolute Gasteiger partial charge is 0.220 e. The number of nitrogens with zero attached hydrogens (tertiary/aromatic N) is 1. The number of rotatable bonds is 1. The van der Waals surface area contributed by atoms with Crippen LogP contribution in [0.2, 0.25) is 0 Å². The van der Waals surface area contributed by atoms with E-state index in [9.17, 15) is 14.0 Å². The fraction of sp³-hybridized carbons (Fsp3) is 0.750. The zero-order valence-corrected chi connectivity index (χ0v) is 7.42. The fourth-order valence-corrected chi connectivity index (χ4v) is 1.32. The number of hydrogen-bond acceptors (Lipinski definition) is 2. The topological polar surface area (TPSA) is 37.4 Å². The maximum Gasteiger partial charge on any atom is 0.220 e. The summed E-state index contributed by atoms with van der Waals surface area (Å²) in [5, 5.41) is 0. The number of aldehydes is 1. The molecule has 0 spiro atoms. The van der Waals surface area contributed by atoms with Crippen LogP contribution in [-0.2, 0) is 9.59 Å². The van der Waals surface area contributed by atoms with E-state index < -0.39 is 0 Å².